The van der Waals surface area contributed by atoms with Gasteiger partial charge in [-0.2, -0.15) is 0 Å². The minimum Gasteiger partial charge on any atom is -0.494 e. The van der Waals surface area contributed by atoms with Crippen LogP contribution in [-0.4, -0.2) is 30.3 Å². The second kappa shape index (κ2) is 10.9. The third kappa shape index (κ3) is 5.85. The van der Waals surface area contributed by atoms with E-state index in [1.54, 1.807) is 36.4 Å². The fourth-order valence-corrected chi connectivity index (χ4v) is 2.73. The lowest BCUT2D eigenvalue weighted by Gasteiger charge is -2.17. The van der Waals surface area contributed by atoms with Crippen molar-refractivity contribution >= 4 is 23.7 Å². The van der Waals surface area contributed by atoms with Crippen molar-refractivity contribution in [3.05, 3.63) is 65.3 Å². The van der Waals surface area contributed by atoms with Crippen LogP contribution < -0.4 is 31.6 Å². The summed E-state index contributed by atoms with van der Waals surface area (Å²) < 4.78 is 12.9. The predicted molar refractivity (Wildman–Crippen MR) is 112 cm³/mol. The molecule has 1 aromatic heterocycles. The highest BCUT2D eigenvalue weighted by atomic mass is 35.5. The van der Waals surface area contributed by atoms with E-state index in [9.17, 15) is 0 Å². The van der Waals surface area contributed by atoms with Crippen molar-refractivity contribution in [2.45, 2.75) is 6.61 Å². The third-order valence-corrected chi connectivity index (χ3v) is 4.16. The average molecular weight is 419 g/mol. The summed E-state index contributed by atoms with van der Waals surface area (Å²) in [6.45, 7) is 0.263. The zero-order chi connectivity index (χ0) is 21.2. The quantitative estimate of drug-likeness (QED) is 0.232. The number of aromatic nitrogens is 2. The summed E-state index contributed by atoms with van der Waals surface area (Å²) in [5.41, 5.74) is 4.19. The van der Waals surface area contributed by atoms with Gasteiger partial charge in [0.15, 0.2) is 0 Å². The van der Waals surface area contributed by atoms with Crippen LogP contribution >= 0.6 is 11.6 Å². The fraction of sp³-hybridized carbons (Fsp3) is 0.158. The van der Waals surface area contributed by atoms with E-state index in [2.05, 4.69) is 10.9 Å². The van der Waals surface area contributed by atoms with E-state index in [1.807, 2.05) is 42.6 Å². The summed E-state index contributed by atoms with van der Waals surface area (Å²) in [7, 11) is 3.38. The topological polar surface area (TPSA) is 121 Å². The molecule has 0 spiro atoms. The normalized spacial score (nSPS) is 9.83. The molecule has 9 nitrogen and oxygen atoms in total. The minimum absolute atomic E-state index is 0.263. The number of amides is 1. The van der Waals surface area contributed by atoms with Gasteiger partial charge in [0, 0.05) is 29.9 Å². The summed E-state index contributed by atoms with van der Waals surface area (Å²) in [5.74, 6) is 11.5. The maximum absolute atomic E-state index is 8.94. The molecule has 154 valence electrons. The number of halogens is 1. The number of hydrogen-bond donors (Lipinski definition) is 3. The van der Waals surface area contributed by atoms with Crippen molar-refractivity contribution in [2.75, 3.05) is 19.2 Å². The molecular weight excluding hydrogens is 396 g/mol. The fourth-order valence-electron chi connectivity index (χ4n) is 2.50. The molecule has 1 amide bonds. The number of carbonyl (C=O) groups excluding carboxylic acids is 1. The Bertz CT molecular complexity index is 932. The number of nitrogens with zero attached hydrogens (tertiary/aromatic N) is 3. The molecular formula is C19H23ClN6O3. The second-order valence-electron chi connectivity index (χ2n) is 5.69. The largest absolute Gasteiger partial charge is 0.494 e. The summed E-state index contributed by atoms with van der Waals surface area (Å²) in [5, 5.41) is 6.54. The number of rotatable bonds is 7. The van der Waals surface area contributed by atoms with Gasteiger partial charge in [0.05, 0.1) is 12.8 Å². The molecule has 0 aliphatic carbocycles. The number of nitrogens with two attached hydrogens (primary N) is 2. The Kier molecular flexibility index (Phi) is 8.28. The molecule has 29 heavy (non-hydrogen) atoms. The monoisotopic (exact) mass is 418 g/mol. The minimum atomic E-state index is 0.263. The Balaban J connectivity index is 0.000000687. The maximum Gasteiger partial charge on any atom is 0.233 e. The number of para-hydroxylation sites is 2. The van der Waals surface area contributed by atoms with Crippen molar-refractivity contribution in [1.29, 1.82) is 0 Å². The molecule has 1 heterocycles. The molecule has 3 aromatic rings. The number of anilines is 1. The zero-order valence-electron chi connectivity index (χ0n) is 16.1. The molecule has 0 bridgehead atoms. The van der Waals surface area contributed by atoms with Crippen molar-refractivity contribution in [1.82, 2.24) is 15.2 Å². The second-order valence-corrected chi connectivity index (χ2v) is 6.10. The number of hydrogen-bond acceptors (Lipinski definition) is 7. The van der Waals surface area contributed by atoms with Gasteiger partial charge in [-0.25, -0.2) is 16.4 Å². The van der Waals surface area contributed by atoms with Crippen molar-refractivity contribution < 1.29 is 14.3 Å². The molecule has 5 N–H and O–H groups in total. The summed E-state index contributed by atoms with van der Waals surface area (Å²) in [6, 6.07) is 15.0. The van der Waals surface area contributed by atoms with Crippen molar-refractivity contribution in [2.24, 2.45) is 11.7 Å². The number of hydrazine groups is 2. The number of methoxy groups -OCH3 is 1. The molecule has 0 atom stereocenters. The van der Waals surface area contributed by atoms with Crippen LogP contribution in [0.4, 0.5) is 5.69 Å². The Hall–Kier alpha value is -3.27. The van der Waals surface area contributed by atoms with E-state index in [4.69, 9.17) is 31.7 Å². The SMILES string of the molecule is COc1ccccc1-n1ccc(OCc2c(Cl)cccc2N(C)N)n1.NNC=O. The third-order valence-electron chi connectivity index (χ3n) is 3.80. The number of ether oxygens (including phenoxy) is 2. The van der Waals surface area contributed by atoms with E-state index in [1.165, 1.54) is 5.01 Å². The number of carbonyl (C=O) groups is 1. The Morgan fingerprint density at radius 1 is 1.24 bits per heavy atom. The van der Waals surface area contributed by atoms with E-state index in [-0.39, 0.29) is 6.61 Å². The molecule has 0 fully saturated rings. The number of nitrogens with one attached hydrogen (secondary N) is 1. The molecule has 0 aliphatic heterocycles. The standard InChI is InChI=1S/C18H19ClN4O2.CH4N2O/c1-22(20)15-8-5-6-14(19)13(15)12-25-18-10-11-23(21-18)16-7-3-4-9-17(16)24-2;2-3-1-4/h3-11H,12,20H2,1-2H3;1H,2H2,(H,3,4). The number of benzene rings is 2. The van der Waals surface area contributed by atoms with Gasteiger partial charge in [0.25, 0.3) is 0 Å². The lowest BCUT2D eigenvalue weighted by Crippen LogP contribution is -2.26. The molecule has 0 saturated carbocycles. The highest BCUT2D eigenvalue weighted by molar-refractivity contribution is 6.31. The molecule has 0 unspecified atom stereocenters. The predicted octanol–water partition coefficient (Wildman–Crippen LogP) is 2.03. The first-order chi connectivity index (χ1) is 14.0. The lowest BCUT2D eigenvalue weighted by atomic mass is 10.2. The molecule has 2 aromatic carbocycles. The van der Waals surface area contributed by atoms with E-state index in [0.29, 0.717) is 17.3 Å². The van der Waals surface area contributed by atoms with Gasteiger partial charge in [0.1, 0.15) is 18.0 Å². The van der Waals surface area contributed by atoms with Crippen LogP contribution in [0.15, 0.2) is 54.7 Å². The van der Waals surface area contributed by atoms with Gasteiger partial charge in [-0.15, -0.1) is 5.10 Å². The van der Waals surface area contributed by atoms with Crippen LogP contribution in [0, 0.1) is 0 Å². The average Bonchev–Trinajstić information content (AvgIpc) is 3.21. The Morgan fingerprint density at radius 3 is 2.62 bits per heavy atom. The lowest BCUT2D eigenvalue weighted by molar-refractivity contribution is -0.109. The van der Waals surface area contributed by atoms with Crippen LogP contribution in [0.1, 0.15) is 5.56 Å². The van der Waals surface area contributed by atoms with E-state index < -0.39 is 0 Å². The van der Waals surface area contributed by atoms with Crippen LogP contribution in [-0.2, 0) is 11.4 Å². The Labute approximate surface area is 173 Å². The zero-order valence-corrected chi connectivity index (χ0v) is 16.8. The van der Waals surface area contributed by atoms with E-state index >= 15 is 0 Å². The Morgan fingerprint density at radius 2 is 1.97 bits per heavy atom. The molecule has 10 heteroatoms. The summed E-state index contributed by atoms with van der Waals surface area (Å²) in [4.78, 5) is 8.94. The van der Waals surface area contributed by atoms with Gasteiger partial charge < -0.3 is 14.5 Å². The molecule has 0 radical (unpaired) electrons. The van der Waals surface area contributed by atoms with Crippen LogP contribution in [0.2, 0.25) is 5.02 Å². The summed E-state index contributed by atoms with van der Waals surface area (Å²) in [6.07, 6.45) is 2.22. The highest BCUT2D eigenvalue weighted by Crippen LogP contribution is 2.27. The molecule has 0 aliphatic rings. The van der Waals surface area contributed by atoms with Gasteiger partial charge in [-0.1, -0.05) is 29.8 Å². The summed E-state index contributed by atoms with van der Waals surface area (Å²) >= 11 is 6.28. The maximum atomic E-state index is 8.94. The first-order valence-corrected chi connectivity index (χ1v) is 8.87. The van der Waals surface area contributed by atoms with Crippen LogP contribution in [0.3, 0.4) is 0 Å². The van der Waals surface area contributed by atoms with E-state index in [0.717, 1.165) is 22.7 Å². The smallest absolute Gasteiger partial charge is 0.233 e. The first kappa shape index (κ1) is 22.0. The molecule has 3 rings (SSSR count). The van der Waals surface area contributed by atoms with Gasteiger partial charge in [-0.05, 0) is 24.3 Å². The van der Waals surface area contributed by atoms with Gasteiger partial charge in [-0.3, -0.25) is 10.2 Å². The van der Waals surface area contributed by atoms with Crippen LogP contribution in [0.5, 0.6) is 11.6 Å². The molecule has 0 saturated heterocycles. The van der Waals surface area contributed by atoms with Crippen LogP contribution in [0.25, 0.3) is 5.69 Å². The van der Waals surface area contributed by atoms with Gasteiger partial charge >= 0.3 is 0 Å². The van der Waals surface area contributed by atoms with Crippen molar-refractivity contribution in [3.63, 3.8) is 0 Å². The first-order valence-electron chi connectivity index (χ1n) is 8.49. The van der Waals surface area contributed by atoms with Crippen molar-refractivity contribution in [3.8, 4) is 17.3 Å². The highest BCUT2D eigenvalue weighted by Gasteiger charge is 2.12. The van der Waals surface area contributed by atoms with Gasteiger partial charge in [0.2, 0.25) is 12.3 Å².